The van der Waals surface area contributed by atoms with Crippen LogP contribution in [0.2, 0.25) is 0 Å². The Morgan fingerprint density at radius 1 is 1.36 bits per heavy atom. The molecule has 1 amide bonds. The van der Waals surface area contributed by atoms with E-state index < -0.39 is 22.4 Å². The summed E-state index contributed by atoms with van der Waals surface area (Å²) in [4.78, 5) is 36.7. The molecule has 0 aliphatic carbocycles. The zero-order chi connectivity index (χ0) is 20.5. The van der Waals surface area contributed by atoms with Gasteiger partial charge in [-0.3, -0.25) is 14.9 Å². The van der Waals surface area contributed by atoms with Crippen molar-refractivity contribution in [3.8, 4) is 0 Å². The maximum Gasteiger partial charge on any atom is 0.341 e. The third kappa shape index (κ3) is 3.90. The Morgan fingerprint density at radius 3 is 2.75 bits per heavy atom. The predicted octanol–water partition coefficient (Wildman–Crippen LogP) is 3.94. The molecule has 148 valence electrons. The monoisotopic (exact) mass is 404 g/mol. The molecular weight excluding hydrogens is 384 g/mol. The molecule has 1 aromatic heterocycles. The minimum Gasteiger partial charge on any atom is -0.462 e. The van der Waals surface area contributed by atoms with Gasteiger partial charge in [-0.05, 0) is 32.4 Å². The molecule has 28 heavy (non-hydrogen) atoms. The Bertz CT molecular complexity index is 950. The van der Waals surface area contributed by atoms with Crippen LogP contribution in [0.1, 0.15) is 51.9 Å². The number of nitro groups is 1. The van der Waals surface area contributed by atoms with Crippen molar-refractivity contribution in [3.63, 3.8) is 0 Å². The van der Waals surface area contributed by atoms with Crippen LogP contribution >= 0.6 is 11.3 Å². The summed E-state index contributed by atoms with van der Waals surface area (Å²) in [6, 6.07) is 5.67. The van der Waals surface area contributed by atoms with Gasteiger partial charge in [0, 0.05) is 17.4 Å². The lowest BCUT2D eigenvalue weighted by molar-refractivity contribution is -0.385. The number of thiophene rings is 1. The molecule has 0 radical (unpaired) electrons. The first-order valence-electron chi connectivity index (χ1n) is 8.74. The zero-order valence-electron chi connectivity index (χ0n) is 15.7. The molecule has 0 spiro atoms. The molecule has 0 unspecified atom stereocenters. The number of hydrogen-bond donors (Lipinski definition) is 1. The summed E-state index contributed by atoms with van der Waals surface area (Å²) in [6.07, 6.45) is 0.494. The smallest absolute Gasteiger partial charge is 0.341 e. The van der Waals surface area contributed by atoms with Crippen LogP contribution in [0.5, 0.6) is 0 Å². The molecule has 0 saturated carbocycles. The van der Waals surface area contributed by atoms with Crippen LogP contribution in [-0.2, 0) is 22.5 Å². The van der Waals surface area contributed by atoms with Crippen LogP contribution in [0.15, 0.2) is 24.3 Å². The van der Waals surface area contributed by atoms with Crippen molar-refractivity contribution in [2.45, 2.75) is 39.4 Å². The van der Waals surface area contributed by atoms with Gasteiger partial charge < -0.3 is 14.8 Å². The molecule has 1 aliphatic heterocycles. The van der Waals surface area contributed by atoms with Gasteiger partial charge >= 0.3 is 5.97 Å². The molecule has 1 N–H and O–H groups in total. The van der Waals surface area contributed by atoms with Crippen molar-refractivity contribution in [1.29, 1.82) is 0 Å². The normalized spacial score (nSPS) is 14.8. The molecule has 9 heteroatoms. The molecule has 0 atom stereocenters. The number of anilines is 1. The molecule has 0 bridgehead atoms. The van der Waals surface area contributed by atoms with E-state index in [0.717, 1.165) is 10.4 Å². The predicted molar refractivity (Wildman–Crippen MR) is 104 cm³/mol. The highest BCUT2D eigenvalue weighted by molar-refractivity contribution is 7.17. The second-order valence-corrected chi connectivity index (χ2v) is 7.99. The van der Waals surface area contributed by atoms with E-state index in [1.165, 1.54) is 29.5 Å². The third-order valence-corrected chi connectivity index (χ3v) is 5.46. The van der Waals surface area contributed by atoms with E-state index in [2.05, 4.69) is 5.32 Å². The summed E-state index contributed by atoms with van der Waals surface area (Å²) in [5, 5.41) is 14.2. The van der Waals surface area contributed by atoms with E-state index in [0.29, 0.717) is 23.6 Å². The lowest BCUT2D eigenvalue weighted by Gasteiger charge is -2.30. The quantitative estimate of drug-likeness (QED) is 0.459. The number of para-hydroxylation sites is 1. The summed E-state index contributed by atoms with van der Waals surface area (Å²) >= 11 is 1.23. The number of nitrogens with one attached hydrogen (secondary N) is 1. The van der Waals surface area contributed by atoms with Crippen molar-refractivity contribution in [2.24, 2.45) is 0 Å². The Kier molecular flexibility index (Phi) is 5.48. The number of nitrogens with zero attached hydrogens (tertiary/aromatic N) is 1. The summed E-state index contributed by atoms with van der Waals surface area (Å²) in [5.74, 6) is -1.19. The highest BCUT2D eigenvalue weighted by Crippen LogP contribution is 2.41. The number of rotatable bonds is 5. The number of amides is 1. The van der Waals surface area contributed by atoms with Gasteiger partial charge in [0.05, 0.1) is 29.3 Å². The number of ether oxygens (including phenoxy) is 2. The van der Waals surface area contributed by atoms with E-state index in [-0.39, 0.29) is 17.9 Å². The lowest BCUT2D eigenvalue weighted by Crippen LogP contribution is -2.32. The maximum atomic E-state index is 12.7. The molecule has 0 saturated heterocycles. The fraction of sp³-hybridized carbons (Fsp3) is 0.368. The topological polar surface area (TPSA) is 108 Å². The molecular formula is C19H20N2O6S. The van der Waals surface area contributed by atoms with Gasteiger partial charge in [-0.15, -0.1) is 11.3 Å². The van der Waals surface area contributed by atoms with E-state index >= 15 is 0 Å². The van der Waals surface area contributed by atoms with E-state index in [1.807, 2.05) is 13.8 Å². The first-order chi connectivity index (χ1) is 13.2. The largest absolute Gasteiger partial charge is 0.462 e. The van der Waals surface area contributed by atoms with E-state index in [4.69, 9.17) is 9.47 Å². The van der Waals surface area contributed by atoms with Crippen molar-refractivity contribution >= 4 is 33.9 Å². The number of nitro benzene ring substituents is 1. The number of esters is 1. The van der Waals surface area contributed by atoms with Crippen molar-refractivity contribution in [1.82, 2.24) is 0 Å². The van der Waals surface area contributed by atoms with Gasteiger partial charge in [-0.1, -0.05) is 12.1 Å². The van der Waals surface area contributed by atoms with Crippen molar-refractivity contribution in [3.05, 3.63) is 55.9 Å². The van der Waals surface area contributed by atoms with Crippen LogP contribution in [-0.4, -0.2) is 29.0 Å². The summed E-state index contributed by atoms with van der Waals surface area (Å²) in [7, 11) is 0. The highest BCUT2D eigenvalue weighted by Gasteiger charge is 2.35. The van der Waals surface area contributed by atoms with Crippen molar-refractivity contribution < 1.29 is 24.0 Å². The fourth-order valence-electron chi connectivity index (χ4n) is 3.06. The van der Waals surface area contributed by atoms with Crippen LogP contribution < -0.4 is 5.32 Å². The number of carbonyl (C=O) groups excluding carboxylic acids is 2. The fourth-order valence-corrected chi connectivity index (χ4v) is 4.17. The summed E-state index contributed by atoms with van der Waals surface area (Å²) < 4.78 is 11.0. The maximum absolute atomic E-state index is 12.7. The van der Waals surface area contributed by atoms with Crippen LogP contribution in [0, 0.1) is 10.1 Å². The summed E-state index contributed by atoms with van der Waals surface area (Å²) in [6.45, 7) is 6.07. The van der Waals surface area contributed by atoms with Gasteiger partial charge in [0.1, 0.15) is 10.6 Å². The van der Waals surface area contributed by atoms with Gasteiger partial charge in [0.2, 0.25) is 0 Å². The van der Waals surface area contributed by atoms with Crippen LogP contribution in [0.25, 0.3) is 0 Å². The highest BCUT2D eigenvalue weighted by atomic mass is 32.1. The minimum atomic E-state index is -0.656. The average Bonchev–Trinajstić information content (AvgIpc) is 2.97. The summed E-state index contributed by atoms with van der Waals surface area (Å²) in [5.41, 5.74) is 0.255. The van der Waals surface area contributed by atoms with Gasteiger partial charge in [-0.2, -0.15) is 0 Å². The number of hydrogen-bond acceptors (Lipinski definition) is 7. The van der Waals surface area contributed by atoms with Gasteiger partial charge in [0.15, 0.2) is 0 Å². The molecule has 8 nitrogen and oxygen atoms in total. The van der Waals surface area contributed by atoms with Crippen molar-refractivity contribution in [2.75, 3.05) is 11.9 Å². The Balaban J connectivity index is 2.01. The molecule has 1 aromatic carbocycles. The number of fused-ring (bicyclic) bond motifs is 1. The molecule has 2 heterocycles. The molecule has 2 aromatic rings. The first-order valence-corrected chi connectivity index (χ1v) is 9.55. The van der Waals surface area contributed by atoms with Crippen LogP contribution in [0.4, 0.5) is 10.7 Å². The minimum absolute atomic E-state index is 0.0785. The second-order valence-electron chi connectivity index (χ2n) is 6.88. The Labute approximate surface area is 165 Å². The molecule has 1 aliphatic rings. The Hall–Kier alpha value is -2.78. The zero-order valence-corrected chi connectivity index (χ0v) is 16.6. The SMILES string of the molecule is CCOC(=O)c1c(NC(=O)c2ccccc2[N+](=O)[O-])sc2c1CC(C)(C)OC2. The standard InChI is InChI=1S/C19H20N2O6S/c1-4-26-18(23)15-12-9-19(2,3)27-10-14(12)28-17(15)20-16(22)11-7-5-6-8-13(11)21(24)25/h5-8H,4,9-10H2,1-3H3,(H,20,22). The second kappa shape index (κ2) is 7.69. The van der Waals surface area contributed by atoms with Crippen LogP contribution in [0.3, 0.4) is 0 Å². The first kappa shape index (κ1) is 20.0. The average molecular weight is 404 g/mol. The lowest BCUT2D eigenvalue weighted by atomic mass is 9.93. The number of benzene rings is 1. The van der Waals surface area contributed by atoms with Gasteiger partial charge in [0.25, 0.3) is 11.6 Å². The Morgan fingerprint density at radius 2 is 2.07 bits per heavy atom. The number of carbonyl (C=O) groups is 2. The third-order valence-electron chi connectivity index (χ3n) is 4.34. The van der Waals surface area contributed by atoms with E-state index in [9.17, 15) is 19.7 Å². The molecule has 0 fully saturated rings. The van der Waals surface area contributed by atoms with E-state index in [1.54, 1.807) is 13.0 Å². The van der Waals surface area contributed by atoms with Gasteiger partial charge in [-0.25, -0.2) is 4.79 Å². The molecule has 3 rings (SSSR count).